The van der Waals surface area contributed by atoms with Gasteiger partial charge in [-0.3, -0.25) is 4.79 Å². The summed E-state index contributed by atoms with van der Waals surface area (Å²) >= 11 is 1.46. The Morgan fingerprint density at radius 1 is 1.27 bits per heavy atom. The Morgan fingerprint density at radius 2 is 2.08 bits per heavy atom. The van der Waals surface area contributed by atoms with Crippen molar-refractivity contribution in [3.63, 3.8) is 0 Å². The van der Waals surface area contributed by atoms with E-state index < -0.39 is 5.97 Å². The first-order valence-corrected chi connectivity index (χ1v) is 9.66. The van der Waals surface area contributed by atoms with Crippen molar-refractivity contribution in [2.45, 2.75) is 39.7 Å². The Hall–Kier alpha value is -2.40. The third-order valence-electron chi connectivity index (χ3n) is 3.82. The Kier molecular flexibility index (Phi) is 7.60. The van der Waals surface area contributed by atoms with E-state index in [1.807, 2.05) is 55.6 Å². The monoisotopic (exact) mass is 371 g/mol. The summed E-state index contributed by atoms with van der Waals surface area (Å²) in [5.74, 6) is -0.771. The van der Waals surface area contributed by atoms with Gasteiger partial charge in [-0.1, -0.05) is 49.2 Å². The minimum atomic E-state index is -0.493. The number of esters is 1. The van der Waals surface area contributed by atoms with Crippen LogP contribution >= 0.6 is 11.3 Å². The van der Waals surface area contributed by atoms with Gasteiger partial charge in [0, 0.05) is 10.9 Å². The molecule has 0 radical (unpaired) electrons. The predicted molar refractivity (Wildman–Crippen MR) is 107 cm³/mol. The second-order valence-corrected chi connectivity index (χ2v) is 7.23. The lowest BCUT2D eigenvalue weighted by molar-refractivity contribution is -0.143. The first-order chi connectivity index (χ1) is 12.5. The lowest BCUT2D eigenvalue weighted by Gasteiger charge is -2.13. The summed E-state index contributed by atoms with van der Waals surface area (Å²) < 4.78 is 5.26. The van der Waals surface area contributed by atoms with Crippen LogP contribution in [0.4, 0.5) is 0 Å². The molecule has 0 bridgehead atoms. The van der Waals surface area contributed by atoms with Crippen LogP contribution in [0.2, 0.25) is 0 Å². The molecule has 0 spiro atoms. The van der Waals surface area contributed by atoms with E-state index >= 15 is 0 Å². The molecule has 1 atom stereocenters. The van der Waals surface area contributed by atoms with Gasteiger partial charge in [0.05, 0.1) is 5.57 Å². The molecular weight excluding hydrogens is 346 g/mol. The summed E-state index contributed by atoms with van der Waals surface area (Å²) in [6.45, 7) is 5.73. The Bertz CT molecular complexity index is 765. The molecule has 2 aromatic rings. The van der Waals surface area contributed by atoms with Crippen LogP contribution in [-0.2, 0) is 14.3 Å². The molecule has 2 rings (SSSR count). The third-order valence-corrected chi connectivity index (χ3v) is 4.73. The summed E-state index contributed by atoms with van der Waals surface area (Å²) in [6.07, 6.45) is 3.69. The third kappa shape index (κ3) is 6.15. The standard InChI is InChI=1S/C21H25NO3S/c1-4-7-16(3)22-20(23)14-25-21(24)18(19-10-6-11-26-19)13-17-9-5-8-15(2)12-17/h5-6,8-13,16H,4,7,14H2,1-3H3,(H,22,23)/b18-13+/t16-/m0/s1. The van der Waals surface area contributed by atoms with Gasteiger partial charge in [0.1, 0.15) is 0 Å². The van der Waals surface area contributed by atoms with Gasteiger partial charge in [-0.15, -0.1) is 11.3 Å². The Balaban J connectivity index is 2.09. The molecule has 0 aliphatic carbocycles. The van der Waals surface area contributed by atoms with Crippen LogP contribution in [0, 0.1) is 6.92 Å². The molecule has 0 aliphatic rings. The average molecular weight is 372 g/mol. The maximum atomic E-state index is 12.6. The average Bonchev–Trinajstić information content (AvgIpc) is 3.12. The van der Waals surface area contributed by atoms with Gasteiger partial charge < -0.3 is 10.1 Å². The number of hydrogen-bond donors (Lipinski definition) is 1. The van der Waals surface area contributed by atoms with Gasteiger partial charge in [-0.25, -0.2) is 4.79 Å². The maximum Gasteiger partial charge on any atom is 0.340 e. The highest BCUT2D eigenvalue weighted by Gasteiger charge is 2.17. The number of amides is 1. The number of benzene rings is 1. The van der Waals surface area contributed by atoms with E-state index in [1.54, 1.807) is 6.08 Å². The van der Waals surface area contributed by atoms with E-state index in [-0.39, 0.29) is 18.6 Å². The van der Waals surface area contributed by atoms with Crippen LogP contribution in [0.3, 0.4) is 0 Å². The maximum absolute atomic E-state index is 12.6. The summed E-state index contributed by atoms with van der Waals surface area (Å²) in [6, 6.07) is 11.7. The summed E-state index contributed by atoms with van der Waals surface area (Å²) in [4.78, 5) is 25.3. The first kappa shape index (κ1) is 19.9. The van der Waals surface area contributed by atoms with Crippen molar-refractivity contribution in [2.75, 3.05) is 6.61 Å². The zero-order valence-electron chi connectivity index (χ0n) is 15.5. The molecule has 1 amide bonds. The van der Waals surface area contributed by atoms with Crippen molar-refractivity contribution in [1.82, 2.24) is 5.32 Å². The van der Waals surface area contributed by atoms with Crippen LogP contribution in [0.5, 0.6) is 0 Å². The molecule has 138 valence electrons. The van der Waals surface area contributed by atoms with E-state index in [0.717, 1.165) is 28.8 Å². The summed E-state index contributed by atoms with van der Waals surface area (Å²) in [5, 5.41) is 4.74. The molecule has 5 heteroatoms. The molecule has 1 heterocycles. The normalized spacial score (nSPS) is 12.5. The number of carbonyl (C=O) groups excluding carboxylic acids is 2. The van der Waals surface area contributed by atoms with Gasteiger partial charge in [0.15, 0.2) is 6.61 Å². The number of ether oxygens (including phenoxy) is 1. The van der Waals surface area contributed by atoms with E-state index in [0.29, 0.717) is 5.57 Å². The van der Waals surface area contributed by atoms with Crippen molar-refractivity contribution >= 4 is 34.9 Å². The lowest BCUT2D eigenvalue weighted by atomic mass is 10.1. The van der Waals surface area contributed by atoms with E-state index in [1.165, 1.54) is 11.3 Å². The predicted octanol–water partition coefficient (Wildman–Crippen LogP) is 4.45. The molecule has 1 aromatic carbocycles. The van der Waals surface area contributed by atoms with E-state index in [4.69, 9.17) is 4.74 Å². The molecule has 0 saturated carbocycles. The fourth-order valence-electron chi connectivity index (χ4n) is 2.62. The van der Waals surface area contributed by atoms with Crippen molar-refractivity contribution in [1.29, 1.82) is 0 Å². The molecule has 4 nitrogen and oxygen atoms in total. The van der Waals surface area contributed by atoms with Crippen LogP contribution in [0.25, 0.3) is 11.6 Å². The molecule has 0 saturated heterocycles. The largest absolute Gasteiger partial charge is 0.452 e. The number of nitrogens with one attached hydrogen (secondary N) is 1. The molecule has 0 aliphatic heterocycles. The number of aryl methyl sites for hydroxylation is 1. The minimum Gasteiger partial charge on any atom is -0.452 e. The zero-order valence-corrected chi connectivity index (χ0v) is 16.3. The second-order valence-electron chi connectivity index (χ2n) is 6.28. The molecule has 1 aromatic heterocycles. The Morgan fingerprint density at radius 3 is 2.73 bits per heavy atom. The second kappa shape index (κ2) is 9.92. The zero-order chi connectivity index (χ0) is 18.9. The fourth-order valence-corrected chi connectivity index (χ4v) is 3.35. The topological polar surface area (TPSA) is 55.4 Å². The van der Waals surface area contributed by atoms with Crippen LogP contribution in [0.15, 0.2) is 41.8 Å². The van der Waals surface area contributed by atoms with Gasteiger partial charge in [-0.05, 0) is 43.4 Å². The first-order valence-electron chi connectivity index (χ1n) is 8.78. The van der Waals surface area contributed by atoms with Gasteiger partial charge in [-0.2, -0.15) is 0 Å². The van der Waals surface area contributed by atoms with E-state index in [2.05, 4.69) is 12.2 Å². The van der Waals surface area contributed by atoms with Crippen LogP contribution in [-0.4, -0.2) is 24.5 Å². The summed E-state index contributed by atoms with van der Waals surface area (Å²) in [5.41, 5.74) is 2.49. The van der Waals surface area contributed by atoms with Crippen LogP contribution in [0.1, 0.15) is 42.7 Å². The van der Waals surface area contributed by atoms with Crippen LogP contribution < -0.4 is 5.32 Å². The van der Waals surface area contributed by atoms with Crippen molar-refractivity contribution in [3.8, 4) is 0 Å². The molecular formula is C21H25NO3S. The molecule has 0 fully saturated rings. The molecule has 26 heavy (non-hydrogen) atoms. The fraction of sp³-hybridized carbons (Fsp3) is 0.333. The highest BCUT2D eigenvalue weighted by Crippen LogP contribution is 2.24. The number of hydrogen-bond acceptors (Lipinski definition) is 4. The lowest BCUT2D eigenvalue weighted by Crippen LogP contribution is -2.35. The number of rotatable bonds is 8. The summed E-state index contributed by atoms with van der Waals surface area (Å²) in [7, 11) is 0. The van der Waals surface area contributed by atoms with Gasteiger partial charge in [0.25, 0.3) is 5.91 Å². The van der Waals surface area contributed by atoms with Crippen molar-refractivity contribution in [2.24, 2.45) is 0 Å². The van der Waals surface area contributed by atoms with Crippen molar-refractivity contribution in [3.05, 3.63) is 57.8 Å². The van der Waals surface area contributed by atoms with E-state index in [9.17, 15) is 9.59 Å². The van der Waals surface area contributed by atoms with Crippen molar-refractivity contribution < 1.29 is 14.3 Å². The van der Waals surface area contributed by atoms with Gasteiger partial charge >= 0.3 is 5.97 Å². The van der Waals surface area contributed by atoms with Gasteiger partial charge in [0.2, 0.25) is 0 Å². The number of carbonyl (C=O) groups is 2. The minimum absolute atomic E-state index is 0.0748. The molecule has 0 unspecified atom stereocenters. The highest BCUT2D eigenvalue weighted by molar-refractivity contribution is 7.11. The quantitative estimate of drug-likeness (QED) is 0.551. The number of thiophene rings is 1. The highest BCUT2D eigenvalue weighted by atomic mass is 32.1. The SMILES string of the molecule is CCC[C@H](C)NC(=O)COC(=O)/C(=C/c1cccc(C)c1)c1cccs1. The molecule has 1 N–H and O–H groups in total. The smallest absolute Gasteiger partial charge is 0.340 e. The Labute approximate surface area is 158 Å².